The Balaban J connectivity index is 1.29. The first kappa shape index (κ1) is 29.5. The van der Waals surface area contributed by atoms with Crippen LogP contribution in [0.4, 0.5) is 0 Å². The number of carbonyl (C=O) groups is 2. The van der Waals surface area contributed by atoms with Gasteiger partial charge in [0.15, 0.2) is 5.78 Å². The lowest BCUT2D eigenvalue weighted by Crippen LogP contribution is -2.47. The number of aliphatic hydroxyl groups is 2. The zero-order valence-electron chi connectivity index (χ0n) is 24.3. The average molecular weight is 529 g/mol. The molecule has 2 saturated carbocycles. The molecule has 0 aliphatic heterocycles. The average Bonchev–Trinajstić information content (AvgIpc) is 3.43. The van der Waals surface area contributed by atoms with Gasteiger partial charge < -0.3 is 14.9 Å². The van der Waals surface area contributed by atoms with Gasteiger partial charge in [0, 0.05) is 24.7 Å². The second-order valence-electron chi connectivity index (χ2n) is 13.5. The summed E-state index contributed by atoms with van der Waals surface area (Å²) < 4.78 is 6.15. The minimum Gasteiger partial charge on any atom is -0.462 e. The molecular weight excluding hydrogens is 476 g/mol. The van der Waals surface area contributed by atoms with E-state index in [1.807, 2.05) is 6.08 Å². The van der Waals surface area contributed by atoms with Crippen molar-refractivity contribution in [3.05, 3.63) is 23.3 Å². The highest BCUT2D eigenvalue weighted by atomic mass is 16.5. The van der Waals surface area contributed by atoms with Gasteiger partial charge in [0.05, 0.1) is 6.61 Å². The molecule has 0 radical (unpaired) electrons. The molecule has 2 N–H and O–H groups in total. The van der Waals surface area contributed by atoms with Crippen molar-refractivity contribution in [1.82, 2.24) is 0 Å². The molecule has 0 aromatic rings. The van der Waals surface area contributed by atoms with Crippen molar-refractivity contribution in [3.8, 4) is 0 Å². The molecule has 0 heterocycles. The maximum absolute atomic E-state index is 13.0. The Labute approximate surface area is 230 Å². The Morgan fingerprint density at radius 1 is 0.974 bits per heavy atom. The first-order valence-corrected chi connectivity index (χ1v) is 15.6. The molecule has 4 rings (SSSR count). The second-order valence-corrected chi connectivity index (χ2v) is 13.5. The fraction of sp³-hybridized carbons (Fsp3) is 0.818. The molecule has 4 aliphatic rings. The van der Waals surface area contributed by atoms with Crippen molar-refractivity contribution in [3.63, 3.8) is 0 Å². The van der Waals surface area contributed by atoms with Crippen LogP contribution < -0.4 is 0 Å². The number of allylic oxidation sites excluding steroid dienone is 1. The van der Waals surface area contributed by atoms with E-state index in [4.69, 9.17) is 4.74 Å². The summed E-state index contributed by atoms with van der Waals surface area (Å²) in [6.07, 6.45) is 19.0. The molecule has 0 amide bonds. The van der Waals surface area contributed by atoms with Crippen LogP contribution in [0.25, 0.3) is 0 Å². The van der Waals surface area contributed by atoms with Crippen molar-refractivity contribution >= 4 is 11.8 Å². The topological polar surface area (TPSA) is 83.8 Å². The highest BCUT2D eigenvalue weighted by Gasteiger charge is 2.70. The number of unbranched alkanes of at least 4 members (excludes halogenated alkanes) is 10. The molecule has 0 aromatic heterocycles. The number of ether oxygens (including phenoxy) is 1. The molecule has 0 unspecified atom stereocenters. The lowest BCUT2D eigenvalue weighted by Gasteiger charge is -2.40. The van der Waals surface area contributed by atoms with Gasteiger partial charge in [-0.1, -0.05) is 97.1 Å². The fourth-order valence-corrected chi connectivity index (χ4v) is 8.34. The fourth-order valence-electron chi connectivity index (χ4n) is 8.34. The molecule has 0 bridgehead atoms. The Hall–Kier alpha value is -1.46. The summed E-state index contributed by atoms with van der Waals surface area (Å²) in [7, 11) is 0. The van der Waals surface area contributed by atoms with Crippen molar-refractivity contribution in [2.24, 2.45) is 35.0 Å². The minimum atomic E-state index is -1.49. The number of hydrogen-bond donors (Lipinski definition) is 2. The largest absolute Gasteiger partial charge is 0.462 e. The predicted molar refractivity (Wildman–Crippen MR) is 150 cm³/mol. The number of Topliss-reactive ketones (excluding diaryl/α,β-unsaturated/α-hetero) is 1. The van der Waals surface area contributed by atoms with E-state index in [0.717, 1.165) is 18.4 Å². The molecule has 5 nitrogen and oxygen atoms in total. The van der Waals surface area contributed by atoms with Crippen LogP contribution >= 0.6 is 0 Å². The van der Waals surface area contributed by atoms with Crippen LogP contribution in [0, 0.1) is 35.0 Å². The normalized spacial score (nSPS) is 34.9. The summed E-state index contributed by atoms with van der Waals surface area (Å²) in [5.74, 6) is 0.190. The quantitative estimate of drug-likeness (QED) is 0.149. The Kier molecular flexibility index (Phi) is 9.61. The van der Waals surface area contributed by atoms with E-state index in [-0.39, 0.29) is 60.0 Å². The third-order valence-electron chi connectivity index (χ3n) is 10.4. The van der Waals surface area contributed by atoms with Crippen LogP contribution in [-0.2, 0) is 14.3 Å². The van der Waals surface area contributed by atoms with Gasteiger partial charge in [0.2, 0.25) is 0 Å². The van der Waals surface area contributed by atoms with E-state index < -0.39 is 5.60 Å². The summed E-state index contributed by atoms with van der Waals surface area (Å²) in [6, 6.07) is 0. The van der Waals surface area contributed by atoms with E-state index in [1.165, 1.54) is 57.8 Å². The number of esters is 1. The van der Waals surface area contributed by atoms with Crippen LogP contribution in [0.2, 0.25) is 0 Å². The molecule has 7 atom stereocenters. The lowest BCUT2D eigenvalue weighted by molar-refractivity contribution is -0.155. The second kappa shape index (κ2) is 12.4. The van der Waals surface area contributed by atoms with Gasteiger partial charge in [-0.15, -0.1) is 0 Å². The van der Waals surface area contributed by atoms with Gasteiger partial charge in [-0.3, -0.25) is 9.59 Å². The van der Waals surface area contributed by atoms with E-state index in [2.05, 4.69) is 26.8 Å². The molecule has 5 heteroatoms. The third-order valence-corrected chi connectivity index (χ3v) is 10.4. The Morgan fingerprint density at radius 2 is 1.58 bits per heavy atom. The Morgan fingerprint density at radius 3 is 2.18 bits per heavy atom. The Bertz CT molecular complexity index is 916. The molecule has 0 spiro atoms. The summed E-state index contributed by atoms with van der Waals surface area (Å²) in [5, 5.41) is 21.6. The molecule has 0 saturated heterocycles. The number of ketones is 1. The molecule has 38 heavy (non-hydrogen) atoms. The zero-order chi connectivity index (χ0) is 27.5. The van der Waals surface area contributed by atoms with Gasteiger partial charge in [0.25, 0.3) is 0 Å². The molecule has 214 valence electrons. The van der Waals surface area contributed by atoms with Crippen molar-refractivity contribution in [1.29, 1.82) is 0 Å². The monoisotopic (exact) mass is 528 g/mol. The number of fused-ring (bicyclic) bond motifs is 5. The summed E-state index contributed by atoms with van der Waals surface area (Å²) in [5.41, 5.74) is -0.0945. The maximum Gasteiger partial charge on any atom is 0.306 e. The zero-order valence-corrected chi connectivity index (χ0v) is 24.3. The third kappa shape index (κ3) is 5.99. The molecule has 4 aliphatic carbocycles. The predicted octanol–water partition coefficient (Wildman–Crippen LogP) is 6.71. The molecule has 0 aromatic carbocycles. The molecular formula is C33H52O5. The highest BCUT2D eigenvalue weighted by Crippen LogP contribution is 2.71. The summed E-state index contributed by atoms with van der Waals surface area (Å²) >= 11 is 0. The van der Waals surface area contributed by atoms with Gasteiger partial charge in [0.1, 0.15) is 11.7 Å². The number of aliphatic hydroxyl groups excluding tert-OH is 1. The van der Waals surface area contributed by atoms with E-state index in [0.29, 0.717) is 24.3 Å². The van der Waals surface area contributed by atoms with E-state index in [1.54, 1.807) is 6.92 Å². The van der Waals surface area contributed by atoms with Gasteiger partial charge in [-0.25, -0.2) is 0 Å². The number of hydrogen-bond acceptors (Lipinski definition) is 5. The van der Waals surface area contributed by atoms with Crippen LogP contribution in [0.5, 0.6) is 0 Å². The molecule has 2 fully saturated rings. The number of carbonyl (C=O) groups excluding carboxylic acids is 2. The van der Waals surface area contributed by atoms with Crippen molar-refractivity contribution in [2.45, 2.75) is 129 Å². The summed E-state index contributed by atoms with van der Waals surface area (Å²) in [4.78, 5) is 25.9. The lowest BCUT2D eigenvalue weighted by atomic mass is 9.68. The van der Waals surface area contributed by atoms with Crippen LogP contribution in [-0.4, -0.2) is 40.3 Å². The van der Waals surface area contributed by atoms with Crippen LogP contribution in [0.3, 0.4) is 0 Å². The highest BCUT2D eigenvalue weighted by molar-refractivity contribution is 6.04. The van der Waals surface area contributed by atoms with Gasteiger partial charge >= 0.3 is 5.97 Å². The van der Waals surface area contributed by atoms with Gasteiger partial charge in [-0.05, 0) is 54.1 Å². The first-order valence-electron chi connectivity index (χ1n) is 15.6. The first-order chi connectivity index (χ1) is 18.1. The van der Waals surface area contributed by atoms with Crippen LogP contribution in [0.15, 0.2) is 23.3 Å². The summed E-state index contributed by atoms with van der Waals surface area (Å²) in [6.45, 7) is 8.40. The van der Waals surface area contributed by atoms with E-state index in [9.17, 15) is 19.8 Å². The SMILES string of the molecule is CCCCCCCCCCCCCC(=O)O[C@@H]1C[C@H]2[C@@H](C=C(CO)C[C@]3(O)C(=O)C(C)=C[C@@H]23)[C@H]2[C@@H]1C2(C)C. The standard InChI is InChI=1S/C33H52O5/c1-5-6-7-8-9-10-11-12-13-14-15-16-28(35)38-27-19-24-25(29-30(27)32(29,3)4)18-23(21-34)20-33(37)26(24)17-22(2)31(33)36/h17-18,24-27,29-30,34,37H,5-16,19-21H2,1-4H3/t24-,25+,26-,27+,29-,30+,33+/m0/s1. The van der Waals surface area contributed by atoms with E-state index >= 15 is 0 Å². The number of rotatable bonds is 14. The minimum absolute atomic E-state index is 0.0215. The van der Waals surface area contributed by atoms with Crippen molar-refractivity contribution in [2.75, 3.05) is 6.61 Å². The van der Waals surface area contributed by atoms with Crippen LogP contribution in [0.1, 0.15) is 118 Å². The maximum atomic E-state index is 13.0. The van der Waals surface area contributed by atoms with Crippen molar-refractivity contribution < 1.29 is 24.5 Å². The van der Waals surface area contributed by atoms with Gasteiger partial charge in [-0.2, -0.15) is 0 Å². The smallest absolute Gasteiger partial charge is 0.306 e.